The summed E-state index contributed by atoms with van der Waals surface area (Å²) in [6.07, 6.45) is 3.59. The third-order valence-electron chi connectivity index (χ3n) is 4.00. The van der Waals surface area contributed by atoms with Crippen LogP contribution in [0, 0.1) is 0 Å². The lowest BCUT2D eigenvalue weighted by atomic mass is 10.00. The molecule has 0 unspecified atom stereocenters. The molecule has 2 aromatic rings. The Morgan fingerprint density at radius 3 is 2.83 bits per heavy atom. The van der Waals surface area contributed by atoms with Crippen molar-refractivity contribution in [2.45, 2.75) is 31.9 Å². The molecule has 1 aliphatic rings. The Morgan fingerprint density at radius 1 is 1.43 bits per heavy atom. The van der Waals surface area contributed by atoms with Crippen molar-refractivity contribution < 1.29 is 9.90 Å². The molecule has 0 aromatic carbocycles. The normalized spacial score (nSPS) is 21.2. The molecule has 7 nitrogen and oxygen atoms in total. The molecule has 0 bridgehead atoms. The number of hydrogen-bond donors (Lipinski definition) is 1. The standard InChI is InChI=1S/C15H18ClN5O2/c1-10(2)21-8-13(18-19-21)15(23)5-6-20(9-15)14(22)12-4-3-11(16)7-17-12/h3-4,7-8,10,23H,5-6,9H2,1-2H3/t15-/m0/s1. The van der Waals surface area contributed by atoms with Gasteiger partial charge in [0, 0.05) is 25.2 Å². The third kappa shape index (κ3) is 3.07. The van der Waals surface area contributed by atoms with Gasteiger partial charge in [-0.25, -0.2) is 9.67 Å². The van der Waals surface area contributed by atoms with Crippen molar-refractivity contribution in [1.82, 2.24) is 24.9 Å². The van der Waals surface area contributed by atoms with Crippen molar-refractivity contribution in [2.24, 2.45) is 0 Å². The van der Waals surface area contributed by atoms with Gasteiger partial charge < -0.3 is 10.0 Å². The third-order valence-corrected chi connectivity index (χ3v) is 4.22. The number of aliphatic hydroxyl groups is 1. The van der Waals surface area contributed by atoms with Gasteiger partial charge in [0.15, 0.2) is 0 Å². The first-order chi connectivity index (χ1) is 10.9. The van der Waals surface area contributed by atoms with Crippen LogP contribution in [0.1, 0.15) is 42.5 Å². The van der Waals surface area contributed by atoms with E-state index in [-0.39, 0.29) is 18.5 Å². The molecule has 1 fully saturated rings. The van der Waals surface area contributed by atoms with Gasteiger partial charge in [-0.3, -0.25) is 4.79 Å². The van der Waals surface area contributed by atoms with E-state index in [0.717, 1.165) is 0 Å². The first-order valence-electron chi connectivity index (χ1n) is 7.44. The van der Waals surface area contributed by atoms with E-state index in [2.05, 4.69) is 15.3 Å². The van der Waals surface area contributed by atoms with Crippen LogP contribution in [0.25, 0.3) is 0 Å². The highest BCUT2D eigenvalue weighted by atomic mass is 35.5. The van der Waals surface area contributed by atoms with Gasteiger partial charge in [-0.2, -0.15) is 0 Å². The van der Waals surface area contributed by atoms with Gasteiger partial charge in [-0.15, -0.1) is 5.10 Å². The van der Waals surface area contributed by atoms with E-state index >= 15 is 0 Å². The highest BCUT2D eigenvalue weighted by Crippen LogP contribution is 2.31. The molecule has 1 saturated heterocycles. The van der Waals surface area contributed by atoms with E-state index in [4.69, 9.17) is 11.6 Å². The van der Waals surface area contributed by atoms with Crippen LogP contribution in [0.2, 0.25) is 5.02 Å². The second-order valence-electron chi connectivity index (χ2n) is 6.05. The van der Waals surface area contributed by atoms with E-state index in [9.17, 15) is 9.90 Å². The molecule has 1 amide bonds. The second kappa shape index (κ2) is 5.90. The molecular formula is C15H18ClN5O2. The Labute approximate surface area is 138 Å². The van der Waals surface area contributed by atoms with Gasteiger partial charge in [0.2, 0.25) is 0 Å². The van der Waals surface area contributed by atoms with Gasteiger partial charge in [-0.1, -0.05) is 16.8 Å². The molecule has 0 spiro atoms. The van der Waals surface area contributed by atoms with Gasteiger partial charge in [-0.05, 0) is 26.0 Å². The molecule has 8 heteroatoms. The summed E-state index contributed by atoms with van der Waals surface area (Å²) < 4.78 is 1.69. The summed E-state index contributed by atoms with van der Waals surface area (Å²) in [6.45, 7) is 4.58. The Balaban J connectivity index is 1.76. The van der Waals surface area contributed by atoms with Crippen LogP contribution in [0.4, 0.5) is 0 Å². The lowest BCUT2D eigenvalue weighted by Crippen LogP contribution is -2.35. The number of amides is 1. The Kier molecular flexibility index (Phi) is 4.08. The van der Waals surface area contributed by atoms with Crippen LogP contribution in [0.3, 0.4) is 0 Å². The number of carbonyl (C=O) groups is 1. The lowest BCUT2D eigenvalue weighted by Gasteiger charge is -2.21. The molecule has 2 aromatic heterocycles. The average molecular weight is 336 g/mol. The predicted octanol–water partition coefficient (Wildman–Crippen LogP) is 1.64. The first kappa shape index (κ1) is 15.9. The molecule has 3 rings (SSSR count). The summed E-state index contributed by atoms with van der Waals surface area (Å²) in [4.78, 5) is 18.1. The Morgan fingerprint density at radius 2 is 2.22 bits per heavy atom. The SMILES string of the molecule is CC(C)n1cc([C@]2(O)CCN(C(=O)c3ccc(Cl)cn3)C2)nn1. The van der Waals surface area contributed by atoms with Crippen LogP contribution in [0.5, 0.6) is 0 Å². The number of rotatable bonds is 3. The fourth-order valence-corrected chi connectivity index (χ4v) is 2.69. The van der Waals surface area contributed by atoms with Crippen molar-refractivity contribution in [3.05, 3.63) is 40.9 Å². The van der Waals surface area contributed by atoms with Crippen LogP contribution < -0.4 is 0 Å². The highest BCUT2D eigenvalue weighted by Gasteiger charge is 2.42. The number of nitrogens with zero attached hydrogens (tertiary/aromatic N) is 5. The zero-order valence-electron chi connectivity index (χ0n) is 13.0. The second-order valence-corrected chi connectivity index (χ2v) is 6.48. The maximum Gasteiger partial charge on any atom is 0.272 e. The molecule has 0 saturated carbocycles. The molecule has 1 aliphatic heterocycles. The average Bonchev–Trinajstić information content (AvgIpc) is 3.15. The molecule has 3 heterocycles. The first-order valence-corrected chi connectivity index (χ1v) is 7.82. The van der Waals surface area contributed by atoms with Gasteiger partial charge in [0.05, 0.1) is 17.8 Å². The van der Waals surface area contributed by atoms with E-state index in [1.165, 1.54) is 6.20 Å². The van der Waals surface area contributed by atoms with E-state index < -0.39 is 5.60 Å². The molecule has 23 heavy (non-hydrogen) atoms. The summed E-state index contributed by atoms with van der Waals surface area (Å²) in [6, 6.07) is 3.37. The summed E-state index contributed by atoms with van der Waals surface area (Å²) in [5.41, 5.74) is -0.370. The number of likely N-dealkylation sites (tertiary alicyclic amines) is 1. The van der Waals surface area contributed by atoms with Gasteiger partial charge in [0.1, 0.15) is 17.0 Å². The van der Waals surface area contributed by atoms with Crippen molar-refractivity contribution in [1.29, 1.82) is 0 Å². The maximum absolute atomic E-state index is 12.5. The molecule has 1 atom stereocenters. The molecule has 0 aliphatic carbocycles. The zero-order valence-corrected chi connectivity index (χ0v) is 13.7. The number of carbonyl (C=O) groups excluding carboxylic acids is 1. The zero-order chi connectivity index (χ0) is 16.6. The minimum absolute atomic E-state index is 0.164. The molecule has 1 N–H and O–H groups in total. The van der Waals surface area contributed by atoms with Crippen molar-refractivity contribution in [2.75, 3.05) is 13.1 Å². The molecule has 0 radical (unpaired) electrons. The van der Waals surface area contributed by atoms with E-state index in [1.54, 1.807) is 27.9 Å². The quantitative estimate of drug-likeness (QED) is 0.921. The van der Waals surface area contributed by atoms with Crippen LogP contribution in [-0.2, 0) is 5.60 Å². The van der Waals surface area contributed by atoms with Gasteiger partial charge >= 0.3 is 0 Å². The van der Waals surface area contributed by atoms with Crippen LogP contribution in [0.15, 0.2) is 24.5 Å². The fourth-order valence-electron chi connectivity index (χ4n) is 2.58. The summed E-state index contributed by atoms with van der Waals surface area (Å²) in [5, 5.41) is 19.4. The monoisotopic (exact) mass is 335 g/mol. The fraction of sp³-hybridized carbons (Fsp3) is 0.467. The summed E-state index contributed by atoms with van der Waals surface area (Å²) >= 11 is 5.78. The number of hydrogen-bond acceptors (Lipinski definition) is 5. The largest absolute Gasteiger partial charge is 0.381 e. The number of halogens is 1. The predicted molar refractivity (Wildman–Crippen MR) is 84.1 cm³/mol. The van der Waals surface area contributed by atoms with Crippen LogP contribution >= 0.6 is 11.6 Å². The number of aromatic nitrogens is 4. The lowest BCUT2D eigenvalue weighted by molar-refractivity contribution is 0.0380. The minimum atomic E-state index is -1.17. The maximum atomic E-state index is 12.5. The van der Waals surface area contributed by atoms with E-state index in [1.807, 2.05) is 13.8 Å². The highest BCUT2D eigenvalue weighted by molar-refractivity contribution is 6.30. The summed E-state index contributed by atoms with van der Waals surface area (Å²) in [5.74, 6) is -0.228. The smallest absolute Gasteiger partial charge is 0.272 e. The topological polar surface area (TPSA) is 84.1 Å². The Hall–Kier alpha value is -1.99. The minimum Gasteiger partial charge on any atom is -0.381 e. The number of β-amino-alcohol motifs (C(OH)–C–C–N with tert-alkyl or cyclic N) is 1. The van der Waals surface area contributed by atoms with Crippen molar-refractivity contribution >= 4 is 17.5 Å². The summed E-state index contributed by atoms with van der Waals surface area (Å²) in [7, 11) is 0. The molecule has 122 valence electrons. The van der Waals surface area contributed by atoms with Crippen molar-refractivity contribution in [3.63, 3.8) is 0 Å². The van der Waals surface area contributed by atoms with Crippen molar-refractivity contribution in [3.8, 4) is 0 Å². The Bertz CT molecular complexity index is 715. The van der Waals surface area contributed by atoms with Crippen LogP contribution in [-0.4, -0.2) is 49.0 Å². The van der Waals surface area contributed by atoms with Gasteiger partial charge in [0.25, 0.3) is 5.91 Å². The molecular weight excluding hydrogens is 318 g/mol. The van der Waals surface area contributed by atoms with E-state index in [0.29, 0.717) is 29.4 Å². The number of pyridine rings is 1.